The van der Waals surface area contributed by atoms with E-state index < -0.39 is 0 Å². The van der Waals surface area contributed by atoms with Crippen molar-refractivity contribution in [2.45, 2.75) is 20.4 Å². The summed E-state index contributed by atoms with van der Waals surface area (Å²) in [6.45, 7) is 4.85. The van der Waals surface area contributed by atoms with Gasteiger partial charge in [-0.1, -0.05) is 4.49 Å². The zero-order chi connectivity index (χ0) is 9.97. The third-order valence-electron chi connectivity index (χ3n) is 2.09. The molecular formula is C9H12N4S. The maximum absolute atomic E-state index is 3.97. The molecule has 0 radical (unpaired) electrons. The van der Waals surface area contributed by atoms with E-state index in [9.17, 15) is 0 Å². The minimum absolute atomic E-state index is 0.715. The lowest BCUT2D eigenvalue weighted by Crippen LogP contribution is -2.17. The number of hydrogen-bond acceptors (Lipinski definition) is 4. The Morgan fingerprint density at radius 1 is 1.36 bits per heavy atom. The average Bonchev–Trinajstić information content (AvgIpc) is 2.76. The number of nitrogens with zero attached hydrogens (tertiary/aromatic N) is 3. The second-order valence-electron chi connectivity index (χ2n) is 3.18. The summed E-state index contributed by atoms with van der Waals surface area (Å²) in [6.07, 6.45) is 0. The van der Waals surface area contributed by atoms with E-state index >= 15 is 0 Å². The van der Waals surface area contributed by atoms with Crippen LogP contribution in [0.4, 0.5) is 0 Å². The van der Waals surface area contributed by atoms with Crippen LogP contribution in [0, 0.1) is 13.8 Å². The van der Waals surface area contributed by atoms with Crippen molar-refractivity contribution in [1.82, 2.24) is 14.3 Å². The summed E-state index contributed by atoms with van der Waals surface area (Å²) < 4.78 is 5.86. The van der Waals surface area contributed by atoms with Gasteiger partial charge < -0.3 is 5.43 Å². The molecular weight excluding hydrogens is 196 g/mol. The molecule has 4 nitrogen and oxygen atoms in total. The van der Waals surface area contributed by atoms with Gasteiger partial charge in [0.25, 0.3) is 0 Å². The van der Waals surface area contributed by atoms with Crippen LogP contribution in [-0.2, 0) is 6.54 Å². The van der Waals surface area contributed by atoms with Crippen LogP contribution in [0.5, 0.6) is 0 Å². The summed E-state index contributed by atoms with van der Waals surface area (Å²) in [5.41, 5.74) is 6.66. The molecule has 0 fully saturated rings. The molecule has 1 N–H and O–H groups in total. The first kappa shape index (κ1) is 9.21. The molecule has 14 heavy (non-hydrogen) atoms. The number of nitrogens with one attached hydrogen (secondary N) is 1. The summed E-state index contributed by atoms with van der Waals surface area (Å²) in [4.78, 5) is 0. The van der Waals surface area contributed by atoms with Gasteiger partial charge >= 0.3 is 0 Å². The Morgan fingerprint density at radius 3 is 2.64 bits per heavy atom. The number of rotatable bonds is 3. The van der Waals surface area contributed by atoms with Gasteiger partial charge in [-0.2, -0.15) is 0 Å². The Balaban J connectivity index is 2.05. The maximum atomic E-state index is 3.97. The molecule has 2 rings (SSSR count). The van der Waals surface area contributed by atoms with E-state index in [-0.39, 0.29) is 0 Å². The van der Waals surface area contributed by atoms with Crippen LogP contribution in [0.15, 0.2) is 17.5 Å². The fraction of sp³-hybridized carbons (Fsp3) is 0.333. The van der Waals surface area contributed by atoms with E-state index in [4.69, 9.17) is 0 Å². The average molecular weight is 208 g/mol. The molecule has 2 heterocycles. The molecule has 0 aliphatic heterocycles. The third-order valence-corrected chi connectivity index (χ3v) is 2.65. The van der Waals surface area contributed by atoms with Gasteiger partial charge in [0.1, 0.15) is 0 Å². The van der Waals surface area contributed by atoms with E-state index in [1.165, 1.54) is 22.9 Å². The molecule has 2 aromatic rings. The molecule has 0 atom stereocenters. The lowest BCUT2D eigenvalue weighted by Gasteiger charge is -2.10. The van der Waals surface area contributed by atoms with Crippen molar-refractivity contribution in [2.75, 3.05) is 5.43 Å². The van der Waals surface area contributed by atoms with Gasteiger partial charge in [0.05, 0.1) is 12.2 Å². The van der Waals surface area contributed by atoms with Crippen molar-refractivity contribution in [2.24, 2.45) is 0 Å². The molecule has 0 aliphatic rings. The van der Waals surface area contributed by atoms with Gasteiger partial charge in [0, 0.05) is 16.8 Å². The minimum atomic E-state index is 0.715. The largest absolute Gasteiger partial charge is 0.320 e. The Hall–Kier alpha value is -1.36. The monoisotopic (exact) mass is 208 g/mol. The van der Waals surface area contributed by atoms with Crippen LogP contribution in [0.1, 0.15) is 17.1 Å². The second-order valence-corrected chi connectivity index (χ2v) is 3.79. The molecule has 74 valence electrons. The van der Waals surface area contributed by atoms with Crippen molar-refractivity contribution < 1.29 is 0 Å². The summed E-state index contributed by atoms with van der Waals surface area (Å²) in [7, 11) is 0. The van der Waals surface area contributed by atoms with E-state index in [0.29, 0.717) is 6.54 Å². The lowest BCUT2D eigenvalue weighted by atomic mass is 10.5. The molecule has 0 saturated carbocycles. The first-order valence-electron chi connectivity index (χ1n) is 4.42. The molecule has 2 aromatic heterocycles. The van der Waals surface area contributed by atoms with Crippen molar-refractivity contribution in [1.29, 1.82) is 0 Å². The zero-order valence-corrected chi connectivity index (χ0v) is 9.01. The highest BCUT2D eigenvalue weighted by Crippen LogP contribution is 2.05. The molecule has 0 aliphatic carbocycles. The normalized spacial score (nSPS) is 10.4. The fourth-order valence-corrected chi connectivity index (χ4v) is 1.79. The van der Waals surface area contributed by atoms with Crippen molar-refractivity contribution in [3.05, 3.63) is 34.6 Å². The second kappa shape index (κ2) is 3.79. The minimum Gasteiger partial charge on any atom is -0.320 e. The van der Waals surface area contributed by atoms with Gasteiger partial charge in [-0.25, -0.2) is 0 Å². The molecule has 0 unspecified atom stereocenters. The highest BCUT2D eigenvalue weighted by molar-refractivity contribution is 7.03. The predicted molar refractivity (Wildman–Crippen MR) is 56.9 cm³/mol. The van der Waals surface area contributed by atoms with Gasteiger partial charge in [-0.15, -0.1) is 5.10 Å². The lowest BCUT2D eigenvalue weighted by molar-refractivity contribution is 0.778. The Labute approximate surface area is 86.7 Å². The summed E-state index contributed by atoms with van der Waals surface area (Å²) in [5, 5.41) is 5.91. The molecule has 0 amide bonds. The van der Waals surface area contributed by atoms with Crippen LogP contribution in [0.3, 0.4) is 0 Å². The molecule has 0 spiro atoms. The fourth-order valence-electron chi connectivity index (χ4n) is 1.34. The standard InChI is InChI=1S/C9H12N4S/c1-7-3-4-8(2)13(7)10-5-9-6-14-12-11-9/h3-4,6,10H,5H2,1-2H3. The van der Waals surface area contributed by atoms with Gasteiger partial charge in [-0.05, 0) is 37.5 Å². The van der Waals surface area contributed by atoms with Crippen LogP contribution >= 0.6 is 11.5 Å². The Bertz CT molecular complexity index is 385. The SMILES string of the molecule is Cc1ccc(C)n1NCc1csnn1. The maximum Gasteiger partial charge on any atom is 0.0962 e. The molecule has 0 bridgehead atoms. The smallest absolute Gasteiger partial charge is 0.0962 e. The van der Waals surface area contributed by atoms with Crippen LogP contribution in [0.2, 0.25) is 0 Å². The molecule has 0 aromatic carbocycles. The van der Waals surface area contributed by atoms with E-state index in [1.807, 2.05) is 5.38 Å². The van der Waals surface area contributed by atoms with Crippen molar-refractivity contribution in [3.63, 3.8) is 0 Å². The van der Waals surface area contributed by atoms with Crippen molar-refractivity contribution in [3.8, 4) is 0 Å². The summed E-state index contributed by atoms with van der Waals surface area (Å²) in [6, 6.07) is 4.17. The third kappa shape index (κ3) is 1.77. The molecule has 5 heteroatoms. The highest BCUT2D eigenvalue weighted by atomic mass is 32.1. The predicted octanol–water partition coefficient (Wildman–Crippen LogP) is 1.70. The Kier molecular flexibility index (Phi) is 2.49. The first-order valence-corrected chi connectivity index (χ1v) is 5.26. The van der Waals surface area contributed by atoms with Crippen LogP contribution in [0.25, 0.3) is 0 Å². The quantitative estimate of drug-likeness (QED) is 0.834. The summed E-state index contributed by atoms with van der Waals surface area (Å²) in [5.74, 6) is 0. The van der Waals surface area contributed by atoms with Crippen LogP contribution in [-0.4, -0.2) is 14.3 Å². The number of hydrogen-bond donors (Lipinski definition) is 1. The number of aromatic nitrogens is 3. The topological polar surface area (TPSA) is 42.7 Å². The van der Waals surface area contributed by atoms with Gasteiger partial charge in [0.2, 0.25) is 0 Å². The first-order chi connectivity index (χ1) is 6.77. The van der Waals surface area contributed by atoms with E-state index in [1.54, 1.807) is 0 Å². The van der Waals surface area contributed by atoms with E-state index in [0.717, 1.165) is 5.69 Å². The van der Waals surface area contributed by atoms with E-state index in [2.05, 4.69) is 45.7 Å². The Morgan fingerprint density at radius 2 is 2.07 bits per heavy atom. The zero-order valence-electron chi connectivity index (χ0n) is 8.19. The summed E-state index contributed by atoms with van der Waals surface area (Å²) >= 11 is 1.37. The van der Waals surface area contributed by atoms with Crippen LogP contribution < -0.4 is 5.43 Å². The van der Waals surface area contributed by atoms with Gasteiger partial charge in [0.15, 0.2) is 0 Å². The molecule has 0 saturated heterocycles. The number of aryl methyl sites for hydroxylation is 2. The van der Waals surface area contributed by atoms with Gasteiger partial charge in [-0.3, -0.25) is 4.68 Å². The van der Waals surface area contributed by atoms with Crippen molar-refractivity contribution >= 4 is 11.5 Å². The highest BCUT2D eigenvalue weighted by Gasteiger charge is 2.00.